The van der Waals surface area contributed by atoms with Crippen LogP contribution in [0.4, 0.5) is 5.69 Å². The molecule has 0 bridgehead atoms. The summed E-state index contributed by atoms with van der Waals surface area (Å²) in [5.74, 6) is 1.61. The second-order valence-corrected chi connectivity index (χ2v) is 5.55. The zero-order valence-electron chi connectivity index (χ0n) is 11.6. The molecule has 1 aromatic rings. The van der Waals surface area contributed by atoms with Gasteiger partial charge in [-0.3, -0.25) is 0 Å². The minimum absolute atomic E-state index is 0.218. The maximum atomic E-state index is 9.81. The summed E-state index contributed by atoms with van der Waals surface area (Å²) in [6.45, 7) is 2.27. The Morgan fingerprint density at radius 3 is 3.05 bits per heavy atom. The lowest BCUT2D eigenvalue weighted by Gasteiger charge is -2.48. The number of hydrogen-bond donors (Lipinski definition) is 2. The Balaban J connectivity index is 2.06. The number of ether oxygens (including phenoxy) is 1. The highest BCUT2D eigenvalue weighted by Crippen LogP contribution is 2.44. The van der Waals surface area contributed by atoms with Gasteiger partial charge in [-0.25, -0.2) is 0 Å². The van der Waals surface area contributed by atoms with Crippen LogP contribution in [0.25, 0.3) is 0 Å². The molecule has 2 aliphatic heterocycles. The van der Waals surface area contributed by atoms with Gasteiger partial charge in [0.1, 0.15) is 5.75 Å². The topological polar surface area (TPSA) is 44.7 Å². The van der Waals surface area contributed by atoms with Gasteiger partial charge in [0.25, 0.3) is 0 Å². The number of nitrogens with one attached hydrogen (secondary N) is 1. The van der Waals surface area contributed by atoms with E-state index in [4.69, 9.17) is 4.74 Å². The molecule has 3 rings (SSSR count). The van der Waals surface area contributed by atoms with Gasteiger partial charge in [-0.1, -0.05) is 6.07 Å². The van der Waals surface area contributed by atoms with Crippen molar-refractivity contribution in [3.63, 3.8) is 0 Å². The van der Waals surface area contributed by atoms with Crippen molar-refractivity contribution in [2.24, 2.45) is 5.92 Å². The third-order valence-electron chi connectivity index (χ3n) is 4.72. The monoisotopic (exact) mass is 262 g/mol. The van der Waals surface area contributed by atoms with E-state index in [1.807, 2.05) is 6.07 Å². The molecular weight excluding hydrogens is 240 g/mol. The highest BCUT2D eigenvalue weighted by Gasteiger charge is 2.40. The van der Waals surface area contributed by atoms with Crippen LogP contribution in [0.5, 0.6) is 5.75 Å². The number of nitrogens with zero attached hydrogens (tertiary/aromatic N) is 1. The maximum absolute atomic E-state index is 9.81. The lowest BCUT2D eigenvalue weighted by molar-refractivity contribution is 0.178. The fourth-order valence-corrected chi connectivity index (χ4v) is 3.67. The summed E-state index contributed by atoms with van der Waals surface area (Å²) in [6, 6.07) is 6.71. The van der Waals surface area contributed by atoms with Crippen LogP contribution in [-0.4, -0.2) is 45.0 Å². The predicted octanol–water partition coefficient (Wildman–Crippen LogP) is 1.20. The van der Waals surface area contributed by atoms with Gasteiger partial charge in [-0.15, -0.1) is 0 Å². The van der Waals surface area contributed by atoms with Crippen molar-refractivity contribution in [2.75, 3.05) is 38.8 Å². The van der Waals surface area contributed by atoms with Crippen LogP contribution in [0.1, 0.15) is 17.9 Å². The lowest BCUT2D eigenvalue weighted by atomic mass is 9.74. The van der Waals surface area contributed by atoms with Gasteiger partial charge < -0.3 is 20.1 Å². The van der Waals surface area contributed by atoms with Crippen LogP contribution in [-0.2, 0) is 0 Å². The average Bonchev–Trinajstić information content (AvgIpc) is 2.48. The Labute approximate surface area is 114 Å². The molecule has 0 saturated carbocycles. The van der Waals surface area contributed by atoms with Crippen molar-refractivity contribution in [1.82, 2.24) is 5.32 Å². The number of aliphatic hydroxyl groups excluding tert-OH is 1. The second-order valence-electron chi connectivity index (χ2n) is 5.55. The van der Waals surface area contributed by atoms with Crippen molar-refractivity contribution in [2.45, 2.75) is 18.4 Å². The normalized spacial score (nSPS) is 29.6. The van der Waals surface area contributed by atoms with Gasteiger partial charge >= 0.3 is 0 Å². The maximum Gasteiger partial charge on any atom is 0.120 e. The van der Waals surface area contributed by atoms with Gasteiger partial charge in [0.2, 0.25) is 0 Å². The van der Waals surface area contributed by atoms with Crippen LogP contribution in [0.3, 0.4) is 0 Å². The third-order valence-corrected chi connectivity index (χ3v) is 4.72. The molecule has 2 aliphatic rings. The summed E-state index contributed by atoms with van der Waals surface area (Å²) in [5.41, 5.74) is 2.46. The largest absolute Gasteiger partial charge is 0.497 e. The van der Waals surface area contributed by atoms with E-state index in [0.29, 0.717) is 12.0 Å². The lowest BCUT2D eigenvalue weighted by Crippen LogP contribution is -2.54. The molecule has 4 nitrogen and oxygen atoms in total. The van der Waals surface area contributed by atoms with E-state index in [9.17, 15) is 5.11 Å². The molecule has 2 heterocycles. The molecule has 2 N–H and O–H groups in total. The molecule has 0 aliphatic carbocycles. The molecule has 0 spiro atoms. The number of anilines is 1. The molecule has 3 atom stereocenters. The summed E-state index contributed by atoms with van der Waals surface area (Å²) in [6.07, 6.45) is 1.13. The van der Waals surface area contributed by atoms with Crippen molar-refractivity contribution in [3.05, 3.63) is 23.8 Å². The molecule has 19 heavy (non-hydrogen) atoms. The number of fused-ring (bicyclic) bond motifs is 2. The Morgan fingerprint density at radius 2 is 2.32 bits per heavy atom. The number of hydrogen-bond acceptors (Lipinski definition) is 4. The van der Waals surface area contributed by atoms with Crippen LogP contribution >= 0.6 is 0 Å². The molecule has 0 amide bonds. The van der Waals surface area contributed by atoms with Crippen molar-refractivity contribution < 1.29 is 9.84 Å². The first-order chi connectivity index (χ1) is 9.26. The molecule has 4 heteroatoms. The van der Waals surface area contributed by atoms with Crippen LogP contribution < -0.4 is 15.0 Å². The fraction of sp³-hybridized carbons (Fsp3) is 0.600. The quantitative estimate of drug-likeness (QED) is 0.840. The van der Waals surface area contributed by atoms with Crippen LogP contribution in [0.2, 0.25) is 0 Å². The zero-order chi connectivity index (χ0) is 13.4. The third kappa shape index (κ3) is 1.99. The second kappa shape index (κ2) is 5.02. The first-order valence-corrected chi connectivity index (χ1v) is 6.98. The summed E-state index contributed by atoms with van der Waals surface area (Å²) in [4.78, 5) is 2.37. The smallest absolute Gasteiger partial charge is 0.120 e. The Kier molecular flexibility index (Phi) is 3.37. The van der Waals surface area contributed by atoms with E-state index in [1.54, 1.807) is 7.11 Å². The summed E-state index contributed by atoms with van der Waals surface area (Å²) in [7, 11) is 3.86. The molecule has 0 radical (unpaired) electrons. The van der Waals surface area contributed by atoms with Crippen LogP contribution in [0, 0.1) is 5.92 Å². The molecule has 0 aromatic heterocycles. The van der Waals surface area contributed by atoms with E-state index < -0.39 is 0 Å². The van der Waals surface area contributed by atoms with E-state index in [1.165, 1.54) is 11.3 Å². The number of aliphatic hydroxyl groups is 1. The van der Waals surface area contributed by atoms with Crippen molar-refractivity contribution in [1.29, 1.82) is 0 Å². The van der Waals surface area contributed by atoms with Crippen molar-refractivity contribution >= 4 is 5.69 Å². The minimum Gasteiger partial charge on any atom is -0.497 e. The van der Waals surface area contributed by atoms with Gasteiger partial charge in [0.05, 0.1) is 13.7 Å². The van der Waals surface area contributed by atoms with Gasteiger partial charge in [-0.2, -0.15) is 0 Å². The highest BCUT2D eigenvalue weighted by atomic mass is 16.5. The van der Waals surface area contributed by atoms with Gasteiger partial charge in [0, 0.05) is 43.2 Å². The van der Waals surface area contributed by atoms with Gasteiger partial charge in [-0.05, 0) is 24.6 Å². The van der Waals surface area contributed by atoms with Gasteiger partial charge in [0.15, 0.2) is 0 Å². The molecular formula is C15H22N2O2. The standard InChI is InChI=1S/C15H22N2O2/c1-17-14-5-6-16-8-12(14)13(9-18)11-4-3-10(19-2)7-15(11)17/h3-4,7,12-14,16,18H,5-6,8-9H2,1-2H3. The molecule has 1 fully saturated rings. The summed E-state index contributed by atoms with van der Waals surface area (Å²) >= 11 is 0. The number of piperidine rings is 1. The Hall–Kier alpha value is -1.26. The van der Waals surface area contributed by atoms with E-state index >= 15 is 0 Å². The number of methoxy groups -OCH3 is 1. The van der Waals surface area contributed by atoms with E-state index in [-0.39, 0.29) is 12.5 Å². The SMILES string of the molecule is COc1ccc2c(c1)N(C)C1CCNCC1C2CO. The molecule has 1 saturated heterocycles. The molecule has 3 unspecified atom stereocenters. The summed E-state index contributed by atoms with van der Waals surface area (Å²) < 4.78 is 5.33. The van der Waals surface area contributed by atoms with E-state index in [2.05, 4.69) is 29.4 Å². The number of benzene rings is 1. The zero-order valence-corrected chi connectivity index (χ0v) is 11.6. The first kappa shape index (κ1) is 12.8. The Morgan fingerprint density at radius 1 is 1.47 bits per heavy atom. The predicted molar refractivity (Wildman–Crippen MR) is 76.0 cm³/mol. The van der Waals surface area contributed by atoms with Crippen LogP contribution in [0.15, 0.2) is 18.2 Å². The minimum atomic E-state index is 0.218. The Bertz CT molecular complexity index is 463. The fourth-order valence-electron chi connectivity index (χ4n) is 3.67. The average molecular weight is 262 g/mol. The summed E-state index contributed by atoms with van der Waals surface area (Å²) in [5, 5.41) is 13.3. The highest BCUT2D eigenvalue weighted by molar-refractivity contribution is 5.61. The van der Waals surface area contributed by atoms with Crippen molar-refractivity contribution in [3.8, 4) is 5.75 Å². The van der Waals surface area contributed by atoms with E-state index in [0.717, 1.165) is 25.3 Å². The molecule has 1 aromatic carbocycles. The first-order valence-electron chi connectivity index (χ1n) is 6.98. The number of rotatable bonds is 2. The molecule has 104 valence electrons.